The van der Waals surface area contributed by atoms with Crippen LogP contribution in [0.3, 0.4) is 0 Å². The molecule has 0 aliphatic rings. The Hall–Kier alpha value is -0.940. The van der Waals surface area contributed by atoms with Gasteiger partial charge in [-0.2, -0.15) is 0 Å². The second-order valence-corrected chi connectivity index (χ2v) is 10.6. The molecular formula is C15H23NO2S2. The highest BCUT2D eigenvalue weighted by Gasteiger charge is 2.12. The minimum absolute atomic E-state index is 0.296. The molecule has 0 saturated carbocycles. The largest absolute Gasteiger partial charge is 0.465 e. The first-order valence-electron chi connectivity index (χ1n) is 6.22. The van der Waals surface area contributed by atoms with Gasteiger partial charge in [-0.05, 0) is 49.6 Å². The van der Waals surface area contributed by atoms with E-state index in [1.54, 1.807) is 11.8 Å². The van der Waals surface area contributed by atoms with Crippen LogP contribution in [0.5, 0.6) is 0 Å². The minimum atomic E-state index is -0.648. The number of nitrogens with zero attached hydrogens (tertiary/aromatic N) is 1. The van der Waals surface area contributed by atoms with Gasteiger partial charge in [0.15, 0.2) is 0 Å². The maximum absolute atomic E-state index is 11.6. The van der Waals surface area contributed by atoms with Gasteiger partial charge < -0.3 is 4.74 Å². The van der Waals surface area contributed by atoms with Gasteiger partial charge in [-0.25, -0.2) is 14.8 Å². The maximum atomic E-state index is 11.6. The molecule has 20 heavy (non-hydrogen) atoms. The lowest BCUT2D eigenvalue weighted by Gasteiger charge is -2.22. The molecule has 3 nitrogen and oxygen atoms in total. The lowest BCUT2D eigenvalue weighted by Crippen LogP contribution is -2.06. The number of rotatable bonds is 4. The summed E-state index contributed by atoms with van der Waals surface area (Å²) in [5.74, 6) is 0.567. The van der Waals surface area contributed by atoms with E-state index in [1.807, 2.05) is 31.4 Å². The number of carbonyl (C=O) groups is 1. The van der Waals surface area contributed by atoms with Gasteiger partial charge in [0.1, 0.15) is 0 Å². The zero-order valence-electron chi connectivity index (χ0n) is 13.0. The van der Waals surface area contributed by atoms with E-state index in [1.165, 1.54) is 7.11 Å². The number of benzene rings is 1. The summed E-state index contributed by atoms with van der Waals surface area (Å²) in [5, 5.41) is 1.02. The van der Waals surface area contributed by atoms with E-state index in [4.69, 9.17) is 9.73 Å². The number of carbonyl (C=O) groups excluding carboxylic acids is 1. The summed E-state index contributed by atoms with van der Waals surface area (Å²) in [6, 6.07) is 5.75. The molecule has 1 aromatic carbocycles. The zero-order valence-corrected chi connectivity index (χ0v) is 14.7. The summed E-state index contributed by atoms with van der Waals surface area (Å²) in [6.45, 7) is 1.92. The van der Waals surface area contributed by atoms with Gasteiger partial charge in [0, 0.05) is 5.56 Å². The molecule has 0 aliphatic heterocycles. The standard InChI is InChI=1S/C15H23NO2S2/c1-11-9-12(7-8-13(11)15(17)18-2)14(19-3)16-10-20(4,5)6/h7-9H,10H2,1-6H3/b16-14-. The lowest BCUT2D eigenvalue weighted by molar-refractivity contribution is 0.0600. The molecule has 0 N–H and O–H groups in total. The maximum Gasteiger partial charge on any atom is 0.338 e. The highest BCUT2D eigenvalue weighted by atomic mass is 32.3. The van der Waals surface area contributed by atoms with Crippen LogP contribution in [-0.4, -0.2) is 49.0 Å². The van der Waals surface area contributed by atoms with E-state index >= 15 is 0 Å². The van der Waals surface area contributed by atoms with Gasteiger partial charge in [0.25, 0.3) is 0 Å². The molecule has 0 fully saturated rings. The zero-order chi connectivity index (χ0) is 15.3. The third-order valence-corrected chi connectivity index (χ3v) is 4.32. The number of aliphatic imine (C=N–C) groups is 1. The van der Waals surface area contributed by atoms with Crippen LogP contribution >= 0.6 is 21.8 Å². The van der Waals surface area contributed by atoms with Crippen molar-refractivity contribution in [3.8, 4) is 0 Å². The van der Waals surface area contributed by atoms with E-state index in [-0.39, 0.29) is 5.97 Å². The first kappa shape index (κ1) is 17.1. The molecule has 0 unspecified atom stereocenters. The van der Waals surface area contributed by atoms with Crippen LogP contribution in [-0.2, 0) is 4.74 Å². The van der Waals surface area contributed by atoms with Gasteiger partial charge >= 0.3 is 5.97 Å². The van der Waals surface area contributed by atoms with Crippen LogP contribution < -0.4 is 0 Å². The molecule has 0 atom stereocenters. The van der Waals surface area contributed by atoms with E-state index in [9.17, 15) is 4.79 Å². The molecule has 5 heteroatoms. The summed E-state index contributed by atoms with van der Waals surface area (Å²) in [7, 11) is 0.751. The first-order valence-corrected chi connectivity index (χ1v) is 10.5. The van der Waals surface area contributed by atoms with E-state index in [2.05, 4.69) is 18.8 Å². The monoisotopic (exact) mass is 313 g/mol. The first-order chi connectivity index (χ1) is 9.28. The predicted molar refractivity (Wildman–Crippen MR) is 92.8 cm³/mol. The highest BCUT2D eigenvalue weighted by Crippen LogP contribution is 2.34. The predicted octanol–water partition coefficient (Wildman–Crippen LogP) is 3.54. The van der Waals surface area contributed by atoms with Gasteiger partial charge in [0.2, 0.25) is 0 Å². The molecule has 1 rings (SSSR count). The third-order valence-electron chi connectivity index (χ3n) is 2.67. The van der Waals surface area contributed by atoms with Crippen molar-refractivity contribution in [2.75, 3.05) is 38.0 Å². The average molecular weight is 313 g/mol. The summed E-state index contributed by atoms with van der Waals surface area (Å²) in [6.07, 6.45) is 8.78. The molecule has 112 valence electrons. The lowest BCUT2D eigenvalue weighted by atomic mass is 10.1. The van der Waals surface area contributed by atoms with Crippen molar-refractivity contribution < 1.29 is 9.53 Å². The molecule has 0 amide bonds. The number of ether oxygens (including phenoxy) is 1. The molecular weight excluding hydrogens is 290 g/mol. The number of esters is 1. The number of hydrogen-bond donors (Lipinski definition) is 0. The number of aryl methyl sites for hydroxylation is 1. The van der Waals surface area contributed by atoms with Crippen LogP contribution in [0.4, 0.5) is 0 Å². The second-order valence-electron chi connectivity index (χ2n) is 5.41. The van der Waals surface area contributed by atoms with Gasteiger partial charge in [-0.1, -0.05) is 6.07 Å². The fourth-order valence-electron chi connectivity index (χ4n) is 1.66. The number of hydrogen-bond acceptors (Lipinski definition) is 4. The molecule has 0 aromatic heterocycles. The molecule has 1 aromatic rings. The van der Waals surface area contributed by atoms with Crippen molar-refractivity contribution in [2.45, 2.75) is 6.92 Å². The summed E-state index contributed by atoms with van der Waals surface area (Å²) >= 11 is 1.64. The highest BCUT2D eigenvalue weighted by molar-refractivity contribution is 8.32. The quantitative estimate of drug-likeness (QED) is 0.485. The van der Waals surface area contributed by atoms with Crippen LogP contribution in [0.2, 0.25) is 0 Å². The van der Waals surface area contributed by atoms with Gasteiger partial charge in [-0.3, -0.25) is 4.99 Å². The minimum Gasteiger partial charge on any atom is -0.465 e. The number of thioether (sulfide) groups is 1. The Labute approximate surface area is 127 Å². The molecule has 0 bridgehead atoms. The van der Waals surface area contributed by atoms with Crippen molar-refractivity contribution in [1.82, 2.24) is 0 Å². The summed E-state index contributed by atoms with van der Waals surface area (Å²) in [5.41, 5.74) is 2.59. The Kier molecular flexibility index (Phi) is 6.14. The molecule has 0 saturated heterocycles. The Balaban J connectivity index is 3.06. The summed E-state index contributed by atoms with van der Waals surface area (Å²) in [4.78, 5) is 16.3. The second kappa shape index (κ2) is 7.18. The van der Waals surface area contributed by atoms with Crippen molar-refractivity contribution >= 4 is 32.8 Å². The third kappa shape index (κ3) is 4.87. The van der Waals surface area contributed by atoms with Crippen molar-refractivity contribution in [3.05, 3.63) is 34.9 Å². The fraction of sp³-hybridized carbons (Fsp3) is 0.467. The van der Waals surface area contributed by atoms with Crippen molar-refractivity contribution in [2.24, 2.45) is 4.99 Å². The molecule has 0 radical (unpaired) electrons. The van der Waals surface area contributed by atoms with Crippen LogP contribution in [0.1, 0.15) is 21.5 Å². The van der Waals surface area contributed by atoms with Crippen LogP contribution in [0.25, 0.3) is 0 Å². The van der Waals surface area contributed by atoms with Gasteiger partial charge in [0.05, 0.1) is 23.6 Å². The molecule has 0 spiro atoms. The SMILES string of the molecule is COC(=O)c1ccc(/C(=N/CS(C)(C)C)SC)cc1C. The average Bonchev–Trinajstić information content (AvgIpc) is 2.37. The Morgan fingerprint density at radius 3 is 2.45 bits per heavy atom. The molecule has 0 aliphatic carbocycles. The van der Waals surface area contributed by atoms with Crippen LogP contribution in [0.15, 0.2) is 23.2 Å². The van der Waals surface area contributed by atoms with Gasteiger partial charge in [-0.15, -0.1) is 11.8 Å². The van der Waals surface area contributed by atoms with Crippen molar-refractivity contribution in [1.29, 1.82) is 0 Å². The topological polar surface area (TPSA) is 38.7 Å². The summed E-state index contributed by atoms with van der Waals surface area (Å²) < 4.78 is 4.76. The Bertz CT molecular complexity index is 519. The smallest absolute Gasteiger partial charge is 0.338 e. The van der Waals surface area contributed by atoms with Crippen molar-refractivity contribution in [3.63, 3.8) is 0 Å². The van der Waals surface area contributed by atoms with E-state index in [0.29, 0.717) is 5.56 Å². The van der Waals surface area contributed by atoms with E-state index in [0.717, 1.165) is 22.0 Å². The Morgan fingerprint density at radius 1 is 1.35 bits per heavy atom. The Morgan fingerprint density at radius 2 is 2.00 bits per heavy atom. The van der Waals surface area contributed by atoms with E-state index < -0.39 is 10.0 Å². The van der Waals surface area contributed by atoms with Crippen LogP contribution in [0, 0.1) is 6.92 Å². The normalized spacial score (nSPS) is 13.2. The molecule has 0 heterocycles. The number of methoxy groups -OCH3 is 1. The fourth-order valence-corrected chi connectivity index (χ4v) is 2.82.